The molecule has 168 valence electrons. The number of unbranched alkanes of at least 4 members (excludes halogenated alkanes) is 14. The summed E-state index contributed by atoms with van der Waals surface area (Å²) in [6.07, 6.45) is 23.7. The van der Waals surface area contributed by atoms with E-state index in [2.05, 4.69) is 20.0 Å². The molecule has 1 heterocycles. The molecule has 0 aromatic heterocycles. The monoisotopic (exact) mass is 414 g/mol. The molecule has 0 amide bonds. The summed E-state index contributed by atoms with van der Waals surface area (Å²) in [5.74, 6) is 0. The van der Waals surface area contributed by atoms with E-state index in [-0.39, 0.29) is 0 Å². The van der Waals surface area contributed by atoms with Crippen LogP contribution < -0.4 is 0 Å². The fourth-order valence-corrected chi connectivity index (χ4v) is 5.21. The molecule has 0 aromatic carbocycles. The highest BCUT2D eigenvalue weighted by Gasteiger charge is 2.27. The van der Waals surface area contributed by atoms with Crippen molar-refractivity contribution in [3.63, 3.8) is 0 Å². The highest BCUT2D eigenvalue weighted by atomic mass is 28.4. The Balaban J connectivity index is 1.76. The molecule has 0 radical (unpaired) electrons. The van der Waals surface area contributed by atoms with E-state index in [0.29, 0.717) is 6.10 Å². The second-order valence-corrected chi connectivity index (χ2v) is 12.5. The first-order valence-corrected chi connectivity index (χ1v) is 15.4. The van der Waals surface area contributed by atoms with Crippen LogP contribution in [-0.2, 0) is 13.6 Å². The maximum atomic E-state index is 6.06. The van der Waals surface area contributed by atoms with Crippen LogP contribution in [0.3, 0.4) is 0 Å². The van der Waals surface area contributed by atoms with Gasteiger partial charge in [-0.05, 0) is 32.4 Å². The van der Waals surface area contributed by atoms with Gasteiger partial charge >= 0.3 is 8.56 Å². The van der Waals surface area contributed by atoms with Crippen LogP contribution in [0.15, 0.2) is 0 Å². The van der Waals surface area contributed by atoms with Gasteiger partial charge in [-0.1, -0.05) is 96.8 Å². The fourth-order valence-electron chi connectivity index (χ4n) is 3.90. The predicted molar refractivity (Wildman–Crippen MR) is 123 cm³/mol. The number of ether oxygens (including phenoxy) is 1. The molecule has 0 spiro atoms. The molecule has 1 atom stereocenters. The standard InChI is InChI=1S/C24H50O3Si/c1-4-5-6-7-8-9-10-11-12-13-14-15-16-17-18-22-26-28(2,3)27-23-24-20-19-21-25-24/h24H,4-23H2,1-3H3. The van der Waals surface area contributed by atoms with Crippen molar-refractivity contribution in [2.45, 2.75) is 135 Å². The van der Waals surface area contributed by atoms with Crippen LogP contribution >= 0.6 is 0 Å². The molecule has 0 bridgehead atoms. The summed E-state index contributed by atoms with van der Waals surface area (Å²) in [7, 11) is -1.96. The summed E-state index contributed by atoms with van der Waals surface area (Å²) in [6.45, 7) is 9.09. The van der Waals surface area contributed by atoms with Crippen molar-refractivity contribution < 1.29 is 13.6 Å². The predicted octanol–water partition coefficient (Wildman–Crippen LogP) is 7.77. The minimum Gasteiger partial charge on any atom is -0.395 e. The van der Waals surface area contributed by atoms with Crippen molar-refractivity contribution in [3.05, 3.63) is 0 Å². The number of rotatable bonds is 20. The Morgan fingerprint density at radius 3 is 1.68 bits per heavy atom. The maximum absolute atomic E-state index is 6.06. The lowest BCUT2D eigenvalue weighted by atomic mass is 10.0. The summed E-state index contributed by atoms with van der Waals surface area (Å²) in [4.78, 5) is 0. The summed E-state index contributed by atoms with van der Waals surface area (Å²) < 4.78 is 17.7. The molecule has 0 aliphatic carbocycles. The molecule has 0 aromatic rings. The van der Waals surface area contributed by atoms with E-state index in [4.69, 9.17) is 13.6 Å². The Morgan fingerprint density at radius 1 is 0.714 bits per heavy atom. The zero-order chi connectivity index (χ0) is 20.3. The topological polar surface area (TPSA) is 27.7 Å². The minimum atomic E-state index is -1.96. The molecular formula is C24H50O3Si. The highest BCUT2D eigenvalue weighted by molar-refractivity contribution is 6.64. The van der Waals surface area contributed by atoms with Gasteiger partial charge < -0.3 is 13.6 Å². The lowest BCUT2D eigenvalue weighted by Gasteiger charge is -2.24. The number of hydrogen-bond donors (Lipinski definition) is 0. The molecule has 3 nitrogen and oxygen atoms in total. The van der Waals surface area contributed by atoms with Gasteiger partial charge in [0.25, 0.3) is 0 Å². The van der Waals surface area contributed by atoms with Gasteiger partial charge in [-0.2, -0.15) is 0 Å². The molecule has 1 aliphatic heterocycles. The van der Waals surface area contributed by atoms with Crippen molar-refractivity contribution in [2.75, 3.05) is 19.8 Å². The summed E-state index contributed by atoms with van der Waals surface area (Å²) in [5, 5.41) is 0. The van der Waals surface area contributed by atoms with Gasteiger partial charge in [-0.15, -0.1) is 0 Å². The Kier molecular flexibility index (Phi) is 16.7. The largest absolute Gasteiger partial charge is 0.395 e. The van der Waals surface area contributed by atoms with Gasteiger partial charge in [-0.3, -0.25) is 0 Å². The second-order valence-electron chi connectivity index (χ2n) is 9.14. The lowest BCUT2D eigenvalue weighted by molar-refractivity contribution is 0.0504. The summed E-state index contributed by atoms with van der Waals surface area (Å²) >= 11 is 0. The molecule has 1 rings (SSSR count). The van der Waals surface area contributed by atoms with E-state index in [1.165, 1.54) is 103 Å². The van der Waals surface area contributed by atoms with Gasteiger partial charge in [0.1, 0.15) is 0 Å². The quantitative estimate of drug-likeness (QED) is 0.150. The smallest absolute Gasteiger partial charge is 0.331 e. The third kappa shape index (κ3) is 16.0. The average Bonchev–Trinajstić information content (AvgIpc) is 3.20. The first-order chi connectivity index (χ1) is 13.6. The zero-order valence-electron chi connectivity index (χ0n) is 19.4. The SMILES string of the molecule is CCCCCCCCCCCCCCCCCO[Si](C)(C)OCC1CCCO1. The molecular weight excluding hydrogens is 364 g/mol. The fraction of sp³-hybridized carbons (Fsp3) is 1.00. The van der Waals surface area contributed by atoms with E-state index >= 15 is 0 Å². The number of hydrogen-bond acceptors (Lipinski definition) is 3. The molecule has 1 aliphatic rings. The highest BCUT2D eigenvalue weighted by Crippen LogP contribution is 2.16. The molecule has 1 saturated heterocycles. The zero-order valence-corrected chi connectivity index (χ0v) is 20.4. The van der Waals surface area contributed by atoms with Crippen molar-refractivity contribution >= 4 is 8.56 Å². The summed E-state index contributed by atoms with van der Waals surface area (Å²) in [5.41, 5.74) is 0. The van der Waals surface area contributed by atoms with Gasteiger partial charge in [-0.25, -0.2) is 0 Å². The van der Waals surface area contributed by atoms with E-state index in [1.54, 1.807) is 0 Å². The van der Waals surface area contributed by atoms with Gasteiger partial charge in [0.15, 0.2) is 0 Å². The summed E-state index contributed by atoms with van der Waals surface area (Å²) in [6, 6.07) is 0. The van der Waals surface area contributed by atoms with Gasteiger partial charge in [0.05, 0.1) is 12.7 Å². The molecule has 0 N–H and O–H groups in total. The molecule has 1 fully saturated rings. The normalized spacial score (nSPS) is 17.5. The van der Waals surface area contributed by atoms with Gasteiger partial charge in [0.2, 0.25) is 0 Å². The van der Waals surface area contributed by atoms with Crippen LogP contribution in [0.5, 0.6) is 0 Å². The van der Waals surface area contributed by atoms with Crippen molar-refractivity contribution in [3.8, 4) is 0 Å². The molecule has 4 heteroatoms. The maximum Gasteiger partial charge on any atom is 0.331 e. The third-order valence-corrected chi connectivity index (χ3v) is 7.60. The first-order valence-electron chi connectivity index (χ1n) is 12.5. The van der Waals surface area contributed by atoms with Crippen LogP contribution in [0.1, 0.15) is 116 Å². The average molecular weight is 415 g/mol. The molecule has 0 saturated carbocycles. The Bertz CT molecular complexity index is 330. The first kappa shape index (κ1) is 26.1. The van der Waals surface area contributed by atoms with Crippen LogP contribution in [0.4, 0.5) is 0 Å². The van der Waals surface area contributed by atoms with Crippen LogP contribution in [0.2, 0.25) is 13.1 Å². The Morgan fingerprint density at radius 2 is 1.21 bits per heavy atom. The van der Waals surface area contributed by atoms with Crippen molar-refractivity contribution in [1.29, 1.82) is 0 Å². The van der Waals surface area contributed by atoms with E-state index in [0.717, 1.165) is 26.2 Å². The second kappa shape index (κ2) is 17.9. The van der Waals surface area contributed by atoms with E-state index in [9.17, 15) is 0 Å². The third-order valence-electron chi connectivity index (χ3n) is 5.84. The van der Waals surface area contributed by atoms with Crippen LogP contribution in [0, 0.1) is 0 Å². The van der Waals surface area contributed by atoms with Crippen LogP contribution in [0.25, 0.3) is 0 Å². The lowest BCUT2D eigenvalue weighted by Crippen LogP contribution is -2.37. The Hall–Kier alpha value is 0.0969. The van der Waals surface area contributed by atoms with E-state index < -0.39 is 8.56 Å². The minimum absolute atomic E-state index is 0.307. The van der Waals surface area contributed by atoms with Crippen LogP contribution in [-0.4, -0.2) is 34.5 Å². The van der Waals surface area contributed by atoms with Crippen molar-refractivity contribution in [1.82, 2.24) is 0 Å². The molecule has 28 heavy (non-hydrogen) atoms. The van der Waals surface area contributed by atoms with Crippen molar-refractivity contribution in [2.24, 2.45) is 0 Å². The van der Waals surface area contributed by atoms with Gasteiger partial charge in [0, 0.05) is 13.2 Å². The Labute approximate surface area is 177 Å². The molecule has 1 unspecified atom stereocenters. The van der Waals surface area contributed by atoms with E-state index in [1.807, 2.05) is 0 Å².